The first-order chi connectivity index (χ1) is 6.65. The van der Waals surface area contributed by atoms with Crippen molar-refractivity contribution >= 4 is 5.82 Å². The predicted molar refractivity (Wildman–Crippen MR) is 52.3 cm³/mol. The van der Waals surface area contributed by atoms with E-state index in [1.165, 1.54) is 12.1 Å². The Bertz CT molecular complexity index is 360. The molecule has 0 saturated heterocycles. The van der Waals surface area contributed by atoms with Crippen LogP contribution in [0, 0.1) is 5.41 Å². The molecule has 1 rings (SSSR count). The van der Waals surface area contributed by atoms with Crippen LogP contribution in [0.1, 0.15) is 19.8 Å². The van der Waals surface area contributed by atoms with Gasteiger partial charge in [-0.15, -0.1) is 0 Å². The second-order valence-corrected chi connectivity index (χ2v) is 3.01. The van der Waals surface area contributed by atoms with Crippen LogP contribution in [0.2, 0.25) is 0 Å². The zero-order valence-corrected chi connectivity index (χ0v) is 8.16. The van der Waals surface area contributed by atoms with Gasteiger partial charge in [0.1, 0.15) is 11.6 Å². The summed E-state index contributed by atoms with van der Waals surface area (Å²) < 4.78 is 5.94. The number of ether oxygens (including phenoxy) is 1. The second kappa shape index (κ2) is 4.55. The maximum absolute atomic E-state index is 9.15. The number of aromatic nitrogens is 1. The summed E-state index contributed by atoms with van der Waals surface area (Å²) in [6.07, 6.45) is 2.01. The van der Waals surface area contributed by atoms with E-state index in [1.54, 1.807) is 0 Å². The summed E-state index contributed by atoms with van der Waals surface area (Å²) in [7, 11) is 0. The van der Waals surface area contributed by atoms with E-state index in [4.69, 9.17) is 21.1 Å². The van der Waals surface area contributed by atoms with E-state index in [0.29, 0.717) is 17.1 Å². The van der Waals surface area contributed by atoms with Gasteiger partial charge in [0, 0.05) is 12.1 Å². The first-order valence-corrected chi connectivity index (χ1v) is 4.54. The Morgan fingerprint density at radius 1 is 1.57 bits per heavy atom. The Morgan fingerprint density at radius 2 is 2.29 bits per heavy atom. The van der Waals surface area contributed by atoms with E-state index in [1.807, 2.05) is 0 Å². The third-order valence-corrected chi connectivity index (χ3v) is 1.81. The molecule has 78 valence electrons. The van der Waals surface area contributed by atoms with Gasteiger partial charge in [0.2, 0.25) is 0 Å². The molecule has 0 saturated carbocycles. The summed E-state index contributed by atoms with van der Waals surface area (Å²) >= 11 is 0. The highest BCUT2D eigenvalue weighted by molar-refractivity contribution is 5.36. The van der Waals surface area contributed by atoms with Crippen LogP contribution in [0.15, 0.2) is 12.1 Å². The van der Waals surface area contributed by atoms with Gasteiger partial charge in [-0.05, 0) is 6.42 Å². The van der Waals surface area contributed by atoms with Gasteiger partial charge in [-0.3, -0.25) is 5.41 Å². The van der Waals surface area contributed by atoms with Crippen molar-refractivity contribution in [2.75, 3.05) is 12.3 Å². The fraction of sp³-hybridized carbons (Fsp3) is 0.444. The number of nitrogens with zero attached hydrogens (tertiary/aromatic N) is 1. The second-order valence-electron chi connectivity index (χ2n) is 3.01. The highest BCUT2D eigenvalue weighted by Crippen LogP contribution is 2.11. The minimum Gasteiger partial charge on any atom is -0.493 e. The molecule has 4 N–H and O–H groups in total. The number of hydrogen-bond acceptors (Lipinski definition) is 4. The van der Waals surface area contributed by atoms with Crippen LogP contribution in [0.4, 0.5) is 5.82 Å². The summed E-state index contributed by atoms with van der Waals surface area (Å²) in [6.45, 7) is 2.67. The lowest BCUT2D eigenvalue weighted by atomic mass is 10.3. The number of rotatable bonds is 4. The molecule has 1 heterocycles. The minimum atomic E-state index is -0.0866. The Labute approximate surface area is 82.2 Å². The van der Waals surface area contributed by atoms with Crippen LogP contribution in [-0.4, -0.2) is 16.5 Å². The number of unbranched alkanes of at least 4 members (excludes halogenated alkanes) is 1. The maximum atomic E-state index is 9.15. The van der Waals surface area contributed by atoms with Crippen molar-refractivity contribution in [3.8, 4) is 5.75 Å². The van der Waals surface area contributed by atoms with E-state index >= 15 is 0 Å². The molecule has 0 aromatic carbocycles. The Morgan fingerprint density at radius 3 is 2.86 bits per heavy atom. The smallest absolute Gasteiger partial charge is 0.166 e. The van der Waals surface area contributed by atoms with Gasteiger partial charge in [-0.25, -0.2) is 0 Å². The Kier molecular flexibility index (Phi) is 3.39. The molecule has 14 heavy (non-hydrogen) atoms. The molecule has 0 bridgehead atoms. The van der Waals surface area contributed by atoms with Gasteiger partial charge >= 0.3 is 0 Å². The minimum absolute atomic E-state index is 0.0866. The van der Waals surface area contributed by atoms with Gasteiger partial charge < -0.3 is 15.7 Å². The number of nitrogens with two attached hydrogens (primary N) is 1. The average molecular weight is 197 g/mol. The van der Waals surface area contributed by atoms with Crippen LogP contribution >= 0.6 is 0 Å². The first-order valence-electron chi connectivity index (χ1n) is 4.54. The molecule has 5 nitrogen and oxygen atoms in total. The van der Waals surface area contributed by atoms with Crippen molar-refractivity contribution < 1.29 is 9.94 Å². The van der Waals surface area contributed by atoms with E-state index in [9.17, 15) is 0 Å². The third-order valence-electron chi connectivity index (χ3n) is 1.81. The number of nitrogen functional groups attached to an aromatic ring is 1. The lowest BCUT2D eigenvalue weighted by Crippen LogP contribution is -2.20. The van der Waals surface area contributed by atoms with Crippen LogP contribution < -0.4 is 16.0 Å². The fourth-order valence-electron chi connectivity index (χ4n) is 1.00. The normalized spacial score (nSPS) is 10.1. The lowest BCUT2D eigenvalue weighted by molar-refractivity contribution is 0.175. The van der Waals surface area contributed by atoms with Crippen molar-refractivity contribution in [2.45, 2.75) is 19.8 Å². The molecule has 0 aliphatic heterocycles. The van der Waals surface area contributed by atoms with E-state index in [0.717, 1.165) is 12.8 Å². The molecular weight excluding hydrogens is 182 g/mol. The fourth-order valence-corrected chi connectivity index (χ4v) is 1.00. The highest BCUT2D eigenvalue weighted by Gasteiger charge is 2.00. The Balaban J connectivity index is 2.75. The highest BCUT2D eigenvalue weighted by atomic mass is 16.5. The van der Waals surface area contributed by atoms with Gasteiger partial charge in [0.25, 0.3) is 0 Å². The molecule has 0 aliphatic rings. The van der Waals surface area contributed by atoms with Crippen LogP contribution in [0.25, 0.3) is 0 Å². The molecule has 0 radical (unpaired) electrons. The predicted octanol–water partition coefficient (Wildman–Crippen LogP) is 0.966. The zero-order valence-electron chi connectivity index (χ0n) is 8.16. The lowest BCUT2D eigenvalue weighted by Gasteiger charge is -2.07. The molecule has 5 heteroatoms. The number of pyridine rings is 1. The molecule has 0 fully saturated rings. The first kappa shape index (κ1) is 10.4. The van der Waals surface area contributed by atoms with E-state index < -0.39 is 0 Å². The Hall–Kier alpha value is -1.65. The molecule has 0 atom stereocenters. The SMILES string of the molecule is CCCCOc1cc(N)n(O)c(=N)c1. The maximum Gasteiger partial charge on any atom is 0.166 e. The summed E-state index contributed by atoms with van der Waals surface area (Å²) in [6, 6.07) is 2.92. The van der Waals surface area contributed by atoms with Crippen LogP contribution in [0.5, 0.6) is 5.75 Å². The number of nitrogens with one attached hydrogen (secondary N) is 1. The van der Waals surface area contributed by atoms with Gasteiger partial charge in [-0.1, -0.05) is 13.3 Å². The third kappa shape index (κ3) is 2.42. The molecule has 0 spiro atoms. The average Bonchev–Trinajstić information content (AvgIpc) is 2.14. The molecule has 1 aromatic rings. The van der Waals surface area contributed by atoms with Crippen molar-refractivity contribution in [2.24, 2.45) is 0 Å². The number of anilines is 1. The summed E-state index contributed by atoms with van der Waals surface area (Å²) in [5.74, 6) is 0.621. The zero-order chi connectivity index (χ0) is 10.6. The van der Waals surface area contributed by atoms with Gasteiger partial charge in [-0.2, -0.15) is 4.73 Å². The van der Waals surface area contributed by atoms with Gasteiger partial charge in [0.05, 0.1) is 6.61 Å². The molecule has 0 unspecified atom stereocenters. The molecule has 1 aromatic heterocycles. The van der Waals surface area contributed by atoms with Gasteiger partial charge in [0.15, 0.2) is 5.49 Å². The quantitative estimate of drug-likeness (QED) is 0.496. The van der Waals surface area contributed by atoms with Crippen molar-refractivity contribution in [1.82, 2.24) is 4.73 Å². The van der Waals surface area contributed by atoms with Crippen molar-refractivity contribution in [1.29, 1.82) is 5.41 Å². The standard InChI is InChI=1S/C9H15N3O2/c1-2-3-4-14-7-5-8(10)12(13)9(11)6-7/h5-6,10,13H,2-4,11H2,1H3. The van der Waals surface area contributed by atoms with Crippen molar-refractivity contribution in [3.63, 3.8) is 0 Å². The molecule has 0 aliphatic carbocycles. The topological polar surface area (TPSA) is 84.3 Å². The van der Waals surface area contributed by atoms with Crippen LogP contribution in [0.3, 0.4) is 0 Å². The van der Waals surface area contributed by atoms with E-state index in [2.05, 4.69) is 6.92 Å². The van der Waals surface area contributed by atoms with Crippen LogP contribution in [-0.2, 0) is 0 Å². The molecular formula is C9H15N3O2. The summed E-state index contributed by atoms with van der Waals surface area (Å²) in [5.41, 5.74) is 5.35. The summed E-state index contributed by atoms with van der Waals surface area (Å²) in [4.78, 5) is 0. The monoisotopic (exact) mass is 197 g/mol. The number of hydrogen-bond donors (Lipinski definition) is 3. The van der Waals surface area contributed by atoms with Crippen molar-refractivity contribution in [3.05, 3.63) is 17.6 Å². The summed E-state index contributed by atoms with van der Waals surface area (Å²) in [5, 5.41) is 16.5. The molecule has 0 amide bonds. The van der Waals surface area contributed by atoms with E-state index in [-0.39, 0.29) is 11.3 Å². The largest absolute Gasteiger partial charge is 0.493 e.